The van der Waals surface area contributed by atoms with E-state index in [4.69, 9.17) is 4.74 Å². The molecule has 112 valence electrons. The van der Waals surface area contributed by atoms with Crippen LogP contribution in [0.25, 0.3) is 0 Å². The Hall–Kier alpha value is -2.01. The van der Waals surface area contributed by atoms with Gasteiger partial charge in [0.25, 0.3) is 0 Å². The Morgan fingerprint density at radius 3 is 2.24 bits per heavy atom. The SMILES string of the molecule is COc1ccc(CCC(O)c2cc(F)c(F)cc2F)cc1. The smallest absolute Gasteiger partial charge is 0.161 e. The third kappa shape index (κ3) is 3.76. The van der Waals surface area contributed by atoms with Gasteiger partial charge in [0.05, 0.1) is 13.2 Å². The maximum atomic E-state index is 13.5. The second-order valence-electron chi connectivity index (χ2n) is 4.69. The van der Waals surface area contributed by atoms with Crippen LogP contribution in [0.5, 0.6) is 5.75 Å². The third-order valence-electron chi connectivity index (χ3n) is 3.26. The summed E-state index contributed by atoms with van der Waals surface area (Å²) in [6.45, 7) is 0. The summed E-state index contributed by atoms with van der Waals surface area (Å²) in [5.41, 5.74) is 0.695. The van der Waals surface area contributed by atoms with Crippen LogP contribution in [0.4, 0.5) is 13.2 Å². The molecule has 0 aliphatic carbocycles. The Morgan fingerprint density at radius 2 is 1.62 bits per heavy atom. The van der Waals surface area contributed by atoms with Gasteiger partial charge in [-0.05, 0) is 36.6 Å². The van der Waals surface area contributed by atoms with E-state index in [1.807, 2.05) is 12.1 Å². The molecule has 1 unspecified atom stereocenters. The van der Waals surface area contributed by atoms with E-state index in [-0.39, 0.29) is 12.0 Å². The van der Waals surface area contributed by atoms with Gasteiger partial charge in [0.1, 0.15) is 11.6 Å². The summed E-state index contributed by atoms with van der Waals surface area (Å²) in [6.07, 6.45) is -0.514. The van der Waals surface area contributed by atoms with Crippen molar-refractivity contribution >= 4 is 0 Å². The van der Waals surface area contributed by atoms with Gasteiger partial charge in [-0.25, -0.2) is 13.2 Å². The molecule has 0 aliphatic rings. The highest BCUT2D eigenvalue weighted by Crippen LogP contribution is 2.24. The molecule has 0 aliphatic heterocycles. The number of aliphatic hydroxyl groups is 1. The standard InChI is InChI=1S/C16H15F3O2/c1-21-11-5-2-10(3-6-11)4-7-16(20)12-8-14(18)15(19)9-13(12)17/h2-3,5-6,8-9,16,20H,4,7H2,1H3. The van der Waals surface area contributed by atoms with Crippen molar-refractivity contribution in [2.75, 3.05) is 7.11 Å². The Kier molecular flexibility index (Phi) is 4.85. The average Bonchev–Trinajstić information content (AvgIpc) is 2.49. The fourth-order valence-electron chi connectivity index (χ4n) is 2.04. The van der Waals surface area contributed by atoms with Gasteiger partial charge >= 0.3 is 0 Å². The Morgan fingerprint density at radius 1 is 1.00 bits per heavy atom. The molecule has 0 heterocycles. The van der Waals surface area contributed by atoms with Crippen LogP contribution in [0.1, 0.15) is 23.7 Å². The zero-order valence-corrected chi connectivity index (χ0v) is 11.4. The minimum absolute atomic E-state index is 0.203. The number of ether oxygens (including phenoxy) is 1. The first-order chi connectivity index (χ1) is 10.0. The van der Waals surface area contributed by atoms with Crippen LogP contribution in [0.15, 0.2) is 36.4 Å². The zero-order valence-electron chi connectivity index (χ0n) is 11.4. The first-order valence-corrected chi connectivity index (χ1v) is 6.46. The molecule has 2 aromatic carbocycles. The maximum Gasteiger partial charge on any atom is 0.161 e. The van der Waals surface area contributed by atoms with E-state index < -0.39 is 23.6 Å². The summed E-state index contributed by atoms with van der Waals surface area (Å²) >= 11 is 0. The minimum Gasteiger partial charge on any atom is -0.497 e. The topological polar surface area (TPSA) is 29.5 Å². The molecule has 5 heteroatoms. The van der Waals surface area contributed by atoms with Gasteiger partial charge in [-0.2, -0.15) is 0 Å². The Labute approximate surface area is 120 Å². The molecule has 2 aromatic rings. The molecular formula is C16H15F3O2. The van der Waals surface area contributed by atoms with E-state index in [0.717, 1.165) is 5.56 Å². The number of halogens is 3. The quantitative estimate of drug-likeness (QED) is 0.851. The molecule has 2 rings (SSSR count). The number of methoxy groups -OCH3 is 1. The molecule has 2 nitrogen and oxygen atoms in total. The summed E-state index contributed by atoms with van der Waals surface area (Å²) in [6, 6.07) is 8.35. The van der Waals surface area contributed by atoms with E-state index in [9.17, 15) is 18.3 Å². The summed E-state index contributed by atoms with van der Waals surface area (Å²) < 4.78 is 44.5. The lowest BCUT2D eigenvalue weighted by Gasteiger charge is -2.12. The lowest BCUT2D eigenvalue weighted by molar-refractivity contribution is 0.162. The molecular weight excluding hydrogens is 281 g/mol. The van der Waals surface area contributed by atoms with Crippen molar-refractivity contribution in [1.29, 1.82) is 0 Å². The van der Waals surface area contributed by atoms with Crippen LogP contribution in [-0.2, 0) is 6.42 Å². The minimum atomic E-state index is -1.27. The van der Waals surface area contributed by atoms with Gasteiger partial charge in [-0.3, -0.25) is 0 Å². The van der Waals surface area contributed by atoms with Crippen LogP contribution in [0, 0.1) is 17.5 Å². The number of benzene rings is 2. The molecule has 0 saturated carbocycles. The molecule has 0 bridgehead atoms. The molecule has 0 spiro atoms. The average molecular weight is 296 g/mol. The molecule has 1 atom stereocenters. The van der Waals surface area contributed by atoms with Gasteiger partial charge in [-0.1, -0.05) is 12.1 Å². The molecule has 0 fully saturated rings. The normalized spacial score (nSPS) is 12.2. The number of aliphatic hydroxyl groups excluding tert-OH is 1. The van der Waals surface area contributed by atoms with Crippen molar-refractivity contribution in [3.05, 3.63) is 65.0 Å². The van der Waals surface area contributed by atoms with Crippen molar-refractivity contribution in [2.45, 2.75) is 18.9 Å². The van der Waals surface area contributed by atoms with Crippen LogP contribution < -0.4 is 4.74 Å². The molecule has 21 heavy (non-hydrogen) atoms. The van der Waals surface area contributed by atoms with Gasteiger partial charge < -0.3 is 9.84 Å². The second kappa shape index (κ2) is 6.63. The van der Waals surface area contributed by atoms with E-state index >= 15 is 0 Å². The predicted molar refractivity (Wildman–Crippen MR) is 72.6 cm³/mol. The summed E-state index contributed by atoms with van der Waals surface area (Å²) in [5.74, 6) is -2.67. The summed E-state index contributed by atoms with van der Waals surface area (Å²) in [7, 11) is 1.56. The van der Waals surface area contributed by atoms with Crippen molar-refractivity contribution in [1.82, 2.24) is 0 Å². The van der Waals surface area contributed by atoms with Gasteiger partial charge in [-0.15, -0.1) is 0 Å². The molecule has 0 radical (unpaired) electrons. The van der Waals surface area contributed by atoms with E-state index in [1.165, 1.54) is 0 Å². The van der Waals surface area contributed by atoms with E-state index in [1.54, 1.807) is 19.2 Å². The van der Waals surface area contributed by atoms with Gasteiger partial charge in [0.2, 0.25) is 0 Å². The van der Waals surface area contributed by atoms with Crippen molar-refractivity contribution in [3.63, 3.8) is 0 Å². The van der Waals surface area contributed by atoms with Gasteiger partial charge in [0.15, 0.2) is 11.6 Å². The van der Waals surface area contributed by atoms with E-state index in [2.05, 4.69) is 0 Å². The summed E-state index contributed by atoms with van der Waals surface area (Å²) in [4.78, 5) is 0. The Balaban J connectivity index is 2.04. The first-order valence-electron chi connectivity index (χ1n) is 6.46. The highest BCUT2D eigenvalue weighted by Gasteiger charge is 2.16. The highest BCUT2D eigenvalue weighted by atomic mass is 19.2. The molecule has 0 amide bonds. The van der Waals surface area contributed by atoms with Crippen molar-refractivity contribution in [2.24, 2.45) is 0 Å². The largest absolute Gasteiger partial charge is 0.497 e. The van der Waals surface area contributed by atoms with Crippen molar-refractivity contribution in [3.8, 4) is 5.75 Å². The number of aryl methyl sites for hydroxylation is 1. The van der Waals surface area contributed by atoms with Crippen LogP contribution in [0.2, 0.25) is 0 Å². The second-order valence-corrected chi connectivity index (χ2v) is 4.69. The van der Waals surface area contributed by atoms with Gasteiger partial charge in [0, 0.05) is 11.6 Å². The summed E-state index contributed by atoms with van der Waals surface area (Å²) in [5, 5.41) is 9.92. The maximum absolute atomic E-state index is 13.5. The lowest BCUT2D eigenvalue weighted by Crippen LogP contribution is -2.04. The predicted octanol–water partition coefficient (Wildman–Crippen LogP) is 3.78. The molecule has 0 saturated heterocycles. The number of rotatable bonds is 5. The van der Waals surface area contributed by atoms with E-state index in [0.29, 0.717) is 24.3 Å². The molecule has 0 aromatic heterocycles. The molecule has 1 N–H and O–H groups in total. The van der Waals surface area contributed by atoms with Crippen LogP contribution in [0.3, 0.4) is 0 Å². The third-order valence-corrected chi connectivity index (χ3v) is 3.26. The fraction of sp³-hybridized carbons (Fsp3) is 0.250. The van der Waals surface area contributed by atoms with Crippen LogP contribution >= 0.6 is 0 Å². The lowest BCUT2D eigenvalue weighted by atomic mass is 10.0. The number of hydrogen-bond acceptors (Lipinski definition) is 2. The highest BCUT2D eigenvalue weighted by molar-refractivity contribution is 5.28. The van der Waals surface area contributed by atoms with Crippen LogP contribution in [-0.4, -0.2) is 12.2 Å². The van der Waals surface area contributed by atoms with Crippen molar-refractivity contribution < 1.29 is 23.0 Å². The fourth-order valence-corrected chi connectivity index (χ4v) is 2.04. The zero-order chi connectivity index (χ0) is 15.4. The first kappa shape index (κ1) is 15.4. The monoisotopic (exact) mass is 296 g/mol. The Bertz CT molecular complexity index is 612. The number of hydrogen-bond donors (Lipinski definition) is 1.